The van der Waals surface area contributed by atoms with E-state index >= 15 is 0 Å². The van der Waals surface area contributed by atoms with Crippen molar-refractivity contribution in [2.45, 2.75) is 45.8 Å². The van der Waals surface area contributed by atoms with Gasteiger partial charge in [-0.2, -0.15) is 0 Å². The molecule has 0 atom stereocenters. The molecule has 1 aromatic carbocycles. The second kappa shape index (κ2) is 10.0. The Bertz CT molecular complexity index is 1380. The standard InChI is InChI=1S/C24H28N6O2S2/c1-6-18-16(4)33-13-19(18)22-26-27-24(29(22)7-2)34-14-20(31)25-21-15(3)28(5)30(23(21)32)17-11-9-8-10-12-17/h8-13H,6-7,14H2,1-5H3,(H,25,31). The lowest BCUT2D eigenvalue weighted by atomic mass is 10.1. The van der Waals surface area contributed by atoms with Crippen molar-refractivity contribution in [2.75, 3.05) is 11.1 Å². The highest BCUT2D eigenvalue weighted by molar-refractivity contribution is 7.99. The molecule has 8 nitrogen and oxygen atoms in total. The van der Waals surface area contributed by atoms with Crippen molar-refractivity contribution in [1.82, 2.24) is 24.1 Å². The summed E-state index contributed by atoms with van der Waals surface area (Å²) in [5, 5.41) is 14.4. The van der Waals surface area contributed by atoms with Crippen molar-refractivity contribution < 1.29 is 4.79 Å². The van der Waals surface area contributed by atoms with E-state index in [4.69, 9.17) is 0 Å². The summed E-state index contributed by atoms with van der Waals surface area (Å²) in [5.74, 6) is 0.695. The molecule has 0 aliphatic heterocycles. The monoisotopic (exact) mass is 496 g/mol. The zero-order valence-corrected chi connectivity index (χ0v) is 21.6. The zero-order chi connectivity index (χ0) is 24.4. The third-order valence-corrected chi connectivity index (χ3v) is 7.80. The summed E-state index contributed by atoms with van der Waals surface area (Å²) >= 11 is 3.04. The van der Waals surface area contributed by atoms with Gasteiger partial charge in [-0.15, -0.1) is 21.5 Å². The van der Waals surface area contributed by atoms with E-state index in [1.807, 2.05) is 48.7 Å². The van der Waals surface area contributed by atoms with Crippen LogP contribution < -0.4 is 10.9 Å². The predicted octanol–water partition coefficient (Wildman–Crippen LogP) is 4.43. The van der Waals surface area contributed by atoms with Gasteiger partial charge in [0.05, 0.1) is 17.1 Å². The minimum Gasteiger partial charge on any atom is -0.319 e. The third-order valence-electron chi connectivity index (χ3n) is 5.88. The number of anilines is 1. The van der Waals surface area contributed by atoms with Crippen molar-refractivity contribution in [3.05, 3.63) is 62.2 Å². The molecule has 1 N–H and O–H groups in total. The smallest absolute Gasteiger partial charge is 0.295 e. The Morgan fingerprint density at radius 1 is 1.15 bits per heavy atom. The Morgan fingerprint density at radius 3 is 2.56 bits per heavy atom. The second-order valence-corrected chi connectivity index (χ2v) is 9.89. The molecule has 0 fully saturated rings. The molecular formula is C24H28N6O2S2. The number of hydrogen-bond donors (Lipinski definition) is 1. The molecule has 0 aliphatic carbocycles. The summed E-state index contributed by atoms with van der Waals surface area (Å²) < 4.78 is 5.33. The molecule has 0 saturated carbocycles. The number of thioether (sulfide) groups is 1. The van der Waals surface area contributed by atoms with Crippen LogP contribution in [0, 0.1) is 13.8 Å². The highest BCUT2D eigenvalue weighted by Gasteiger charge is 2.21. The van der Waals surface area contributed by atoms with Gasteiger partial charge in [0, 0.05) is 29.4 Å². The summed E-state index contributed by atoms with van der Waals surface area (Å²) in [7, 11) is 1.80. The van der Waals surface area contributed by atoms with Crippen LogP contribution in [0.3, 0.4) is 0 Å². The molecule has 3 aromatic heterocycles. The van der Waals surface area contributed by atoms with Gasteiger partial charge < -0.3 is 9.88 Å². The first-order valence-electron chi connectivity index (χ1n) is 11.1. The van der Waals surface area contributed by atoms with Gasteiger partial charge in [0.1, 0.15) is 5.69 Å². The number of rotatable bonds is 8. The molecule has 0 aliphatic rings. The van der Waals surface area contributed by atoms with E-state index in [-0.39, 0.29) is 22.9 Å². The summed E-state index contributed by atoms with van der Waals surface area (Å²) in [5.41, 5.74) is 3.85. The van der Waals surface area contributed by atoms with Crippen LogP contribution in [0.4, 0.5) is 5.69 Å². The molecule has 0 radical (unpaired) electrons. The lowest BCUT2D eigenvalue weighted by Gasteiger charge is -2.08. The van der Waals surface area contributed by atoms with E-state index in [0.29, 0.717) is 17.4 Å². The van der Waals surface area contributed by atoms with Crippen LogP contribution >= 0.6 is 23.1 Å². The van der Waals surface area contributed by atoms with Crippen LogP contribution in [0.2, 0.25) is 0 Å². The molecule has 0 saturated heterocycles. The maximum absolute atomic E-state index is 13.0. The molecule has 4 rings (SSSR count). The molecule has 3 heterocycles. The first kappa shape index (κ1) is 24.0. The lowest BCUT2D eigenvalue weighted by molar-refractivity contribution is -0.113. The molecule has 178 valence electrons. The van der Waals surface area contributed by atoms with Gasteiger partial charge in [-0.25, -0.2) is 4.68 Å². The topological polar surface area (TPSA) is 86.7 Å². The van der Waals surface area contributed by atoms with Gasteiger partial charge in [0.2, 0.25) is 5.91 Å². The third kappa shape index (κ3) is 4.35. The average Bonchev–Trinajstić information content (AvgIpc) is 3.48. The number of aromatic nitrogens is 5. The Hall–Kier alpha value is -3.11. The van der Waals surface area contributed by atoms with Crippen LogP contribution in [0.5, 0.6) is 0 Å². The van der Waals surface area contributed by atoms with E-state index < -0.39 is 0 Å². The Balaban J connectivity index is 1.52. The Morgan fingerprint density at radius 2 is 1.88 bits per heavy atom. The summed E-state index contributed by atoms with van der Waals surface area (Å²) in [6.07, 6.45) is 0.934. The SMILES string of the molecule is CCc1c(-c2nnc(SCC(=O)Nc3c(C)n(C)n(-c4ccccc4)c3=O)n2CC)csc1C. The van der Waals surface area contributed by atoms with Crippen LogP contribution in [-0.2, 0) is 24.8 Å². The zero-order valence-electron chi connectivity index (χ0n) is 20.0. The number of benzene rings is 1. The minimum absolute atomic E-state index is 0.126. The molecule has 0 spiro atoms. The minimum atomic E-state index is -0.261. The summed E-state index contributed by atoms with van der Waals surface area (Å²) in [6, 6.07) is 9.36. The van der Waals surface area contributed by atoms with Crippen LogP contribution in [0.25, 0.3) is 17.1 Å². The maximum Gasteiger partial charge on any atom is 0.295 e. The molecule has 4 aromatic rings. The Kier molecular flexibility index (Phi) is 7.08. The van der Waals surface area contributed by atoms with Crippen LogP contribution in [-0.4, -0.2) is 35.8 Å². The van der Waals surface area contributed by atoms with E-state index in [1.165, 1.54) is 22.2 Å². The molecule has 34 heavy (non-hydrogen) atoms. The van der Waals surface area contributed by atoms with E-state index in [0.717, 1.165) is 23.5 Å². The molecule has 10 heteroatoms. The summed E-state index contributed by atoms with van der Waals surface area (Å²) in [6.45, 7) is 8.82. The van der Waals surface area contributed by atoms with Gasteiger partial charge in [-0.1, -0.05) is 36.9 Å². The second-order valence-electron chi connectivity index (χ2n) is 7.86. The number of hydrogen-bond acceptors (Lipinski definition) is 6. The number of carbonyl (C=O) groups is 1. The predicted molar refractivity (Wildman–Crippen MR) is 138 cm³/mol. The first-order chi connectivity index (χ1) is 16.4. The summed E-state index contributed by atoms with van der Waals surface area (Å²) in [4.78, 5) is 27.1. The number of amides is 1. The first-order valence-corrected chi connectivity index (χ1v) is 13.0. The quantitative estimate of drug-likeness (QED) is 0.365. The highest BCUT2D eigenvalue weighted by Crippen LogP contribution is 2.32. The average molecular weight is 497 g/mol. The number of para-hydroxylation sites is 1. The number of thiophene rings is 1. The fraction of sp³-hybridized carbons (Fsp3) is 0.333. The molecule has 0 bridgehead atoms. The van der Waals surface area contributed by atoms with Crippen molar-refractivity contribution >= 4 is 34.7 Å². The number of carbonyl (C=O) groups excluding carboxylic acids is 1. The van der Waals surface area contributed by atoms with E-state index in [9.17, 15) is 9.59 Å². The van der Waals surface area contributed by atoms with Crippen molar-refractivity contribution in [2.24, 2.45) is 7.05 Å². The Labute approximate surface area is 206 Å². The molecule has 1 amide bonds. The van der Waals surface area contributed by atoms with Gasteiger partial charge in [0.15, 0.2) is 11.0 Å². The van der Waals surface area contributed by atoms with E-state index in [2.05, 4.69) is 34.7 Å². The van der Waals surface area contributed by atoms with Crippen molar-refractivity contribution in [3.63, 3.8) is 0 Å². The lowest BCUT2D eigenvalue weighted by Crippen LogP contribution is -2.23. The fourth-order valence-corrected chi connectivity index (χ4v) is 5.75. The van der Waals surface area contributed by atoms with Gasteiger partial charge in [0.25, 0.3) is 5.56 Å². The van der Waals surface area contributed by atoms with Crippen molar-refractivity contribution in [1.29, 1.82) is 0 Å². The van der Waals surface area contributed by atoms with Crippen molar-refractivity contribution in [3.8, 4) is 17.1 Å². The maximum atomic E-state index is 13.0. The molecular weight excluding hydrogens is 468 g/mol. The van der Waals surface area contributed by atoms with Crippen LogP contribution in [0.1, 0.15) is 30.0 Å². The largest absolute Gasteiger partial charge is 0.319 e. The van der Waals surface area contributed by atoms with Gasteiger partial charge in [-0.3, -0.25) is 14.3 Å². The number of nitrogens with zero attached hydrogens (tertiary/aromatic N) is 5. The normalized spacial score (nSPS) is 11.2. The fourth-order valence-electron chi connectivity index (χ4n) is 4.00. The van der Waals surface area contributed by atoms with Crippen LogP contribution in [0.15, 0.2) is 45.7 Å². The van der Waals surface area contributed by atoms with Gasteiger partial charge >= 0.3 is 0 Å². The number of aryl methyl sites for hydroxylation is 1. The number of nitrogens with one attached hydrogen (secondary N) is 1. The molecule has 0 unspecified atom stereocenters. The highest BCUT2D eigenvalue weighted by atomic mass is 32.2. The van der Waals surface area contributed by atoms with E-state index in [1.54, 1.807) is 27.7 Å². The van der Waals surface area contributed by atoms with Gasteiger partial charge in [-0.05, 0) is 44.9 Å².